The minimum absolute atomic E-state index is 0.104. The lowest BCUT2D eigenvalue weighted by Crippen LogP contribution is -2.28. The summed E-state index contributed by atoms with van der Waals surface area (Å²) in [5, 5.41) is 19.3. The molecular formula is C27H32N2O5. The van der Waals surface area contributed by atoms with Gasteiger partial charge < -0.3 is 10.2 Å². The van der Waals surface area contributed by atoms with Crippen molar-refractivity contribution in [2.24, 2.45) is 5.92 Å². The van der Waals surface area contributed by atoms with Crippen LogP contribution in [0.5, 0.6) is 0 Å². The Morgan fingerprint density at radius 3 is 2.18 bits per heavy atom. The molecule has 0 saturated carbocycles. The molecule has 2 N–H and O–H groups in total. The van der Waals surface area contributed by atoms with Crippen LogP contribution in [-0.4, -0.2) is 31.3 Å². The second-order valence-electron chi connectivity index (χ2n) is 8.94. The van der Waals surface area contributed by atoms with Crippen LogP contribution < -0.4 is 5.69 Å². The summed E-state index contributed by atoms with van der Waals surface area (Å²) in [5.41, 5.74) is 3.10. The number of nitrogens with zero attached hydrogens (tertiary/aromatic N) is 2. The Kier molecular flexibility index (Phi) is 8.10. The molecule has 1 aromatic heterocycles. The lowest BCUT2D eigenvalue weighted by atomic mass is 9.98. The number of aromatic carboxylic acids is 2. The monoisotopic (exact) mass is 464 g/mol. The minimum atomic E-state index is -1.07. The molecule has 0 saturated heterocycles. The van der Waals surface area contributed by atoms with Gasteiger partial charge in [0.1, 0.15) is 0 Å². The predicted molar refractivity (Wildman–Crippen MR) is 132 cm³/mol. The maximum atomic E-state index is 13.2. The molecule has 3 rings (SSSR count). The Balaban J connectivity index is 1.89. The van der Waals surface area contributed by atoms with Gasteiger partial charge >= 0.3 is 17.6 Å². The van der Waals surface area contributed by atoms with E-state index >= 15 is 0 Å². The largest absolute Gasteiger partial charge is 0.478 e. The van der Waals surface area contributed by atoms with Crippen molar-refractivity contribution in [3.8, 4) is 11.1 Å². The fraction of sp³-hybridized carbons (Fsp3) is 0.370. The van der Waals surface area contributed by atoms with Crippen LogP contribution in [0.2, 0.25) is 0 Å². The maximum absolute atomic E-state index is 13.2. The van der Waals surface area contributed by atoms with Crippen molar-refractivity contribution < 1.29 is 19.8 Å². The van der Waals surface area contributed by atoms with Crippen molar-refractivity contribution in [3.05, 3.63) is 81.5 Å². The van der Waals surface area contributed by atoms with Gasteiger partial charge in [0.25, 0.3) is 0 Å². The lowest BCUT2D eigenvalue weighted by molar-refractivity contribution is 0.0676. The van der Waals surface area contributed by atoms with E-state index in [0.29, 0.717) is 37.2 Å². The summed E-state index contributed by atoms with van der Waals surface area (Å²) in [7, 11) is 0. The van der Waals surface area contributed by atoms with E-state index < -0.39 is 11.9 Å². The molecule has 0 unspecified atom stereocenters. The van der Waals surface area contributed by atoms with Gasteiger partial charge in [0.05, 0.1) is 11.3 Å². The molecule has 0 amide bonds. The number of unbranched alkanes of at least 4 members (excludes halogenated alkanes) is 1. The van der Waals surface area contributed by atoms with E-state index in [1.54, 1.807) is 22.8 Å². The topological polar surface area (TPSA) is 102 Å². The van der Waals surface area contributed by atoms with Crippen LogP contribution in [0.3, 0.4) is 0 Å². The number of hydrogen-bond donors (Lipinski definition) is 2. The summed E-state index contributed by atoms with van der Waals surface area (Å²) in [6.45, 7) is 6.72. The predicted octanol–water partition coefficient (Wildman–Crippen LogP) is 4.95. The lowest BCUT2D eigenvalue weighted by Gasteiger charge is -2.10. The molecule has 180 valence electrons. The highest BCUT2D eigenvalue weighted by molar-refractivity contribution is 5.96. The molecule has 0 spiro atoms. The van der Waals surface area contributed by atoms with Gasteiger partial charge in [-0.25, -0.2) is 14.4 Å². The molecule has 0 aliphatic carbocycles. The smallest absolute Gasteiger partial charge is 0.354 e. The fourth-order valence-corrected chi connectivity index (χ4v) is 4.26. The van der Waals surface area contributed by atoms with E-state index in [1.807, 2.05) is 51.1 Å². The van der Waals surface area contributed by atoms with Crippen molar-refractivity contribution in [2.75, 3.05) is 0 Å². The van der Waals surface area contributed by atoms with Gasteiger partial charge in [0.2, 0.25) is 0 Å². The Labute approximate surface area is 199 Å². The molecule has 7 nitrogen and oxygen atoms in total. The standard InChI is InChI=1S/C27H32N2O5/c1-4-5-10-23-24(26(32)33)29(17-18(2)3)27(34)28(23)16-15-19-11-13-20(14-12-19)21-8-6-7-9-22(21)25(30)31/h6-9,11-14,18H,4-5,10,15-17H2,1-3H3,(H,30,31)(H,32,33). The zero-order chi connectivity index (χ0) is 24.8. The van der Waals surface area contributed by atoms with Crippen molar-refractivity contribution >= 4 is 11.9 Å². The van der Waals surface area contributed by atoms with Crippen LogP contribution in [0, 0.1) is 5.92 Å². The Morgan fingerprint density at radius 1 is 0.912 bits per heavy atom. The normalized spacial score (nSPS) is 11.2. The zero-order valence-corrected chi connectivity index (χ0v) is 20.0. The van der Waals surface area contributed by atoms with Crippen LogP contribution in [0.4, 0.5) is 0 Å². The van der Waals surface area contributed by atoms with Crippen molar-refractivity contribution in [1.82, 2.24) is 9.13 Å². The number of imidazole rings is 1. The number of aromatic nitrogens is 2. The third-order valence-electron chi connectivity index (χ3n) is 5.89. The van der Waals surface area contributed by atoms with Crippen molar-refractivity contribution in [1.29, 1.82) is 0 Å². The molecule has 0 atom stereocenters. The summed E-state index contributed by atoms with van der Waals surface area (Å²) < 4.78 is 3.03. The van der Waals surface area contributed by atoms with Gasteiger partial charge in [0, 0.05) is 13.1 Å². The maximum Gasteiger partial charge on any atom is 0.354 e. The number of rotatable bonds is 11. The third-order valence-corrected chi connectivity index (χ3v) is 5.89. The molecule has 0 radical (unpaired) electrons. The summed E-state index contributed by atoms with van der Waals surface area (Å²) in [6, 6.07) is 14.5. The summed E-state index contributed by atoms with van der Waals surface area (Å²) in [5.74, 6) is -1.89. The number of carbonyl (C=O) groups is 2. The molecule has 7 heteroatoms. The third kappa shape index (κ3) is 5.47. The number of benzene rings is 2. The Bertz CT molecular complexity index is 1220. The first kappa shape index (κ1) is 25.0. The molecular weight excluding hydrogens is 432 g/mol. The zero-order valence-electron chi connectivity index (χ0n) is 20.0. The molecule has 0 bridgehead atoms. The van der Waals surface area contributed by atoms with Crippen LogP contribution in [-0.2, 0) is 25.9 Å². The summed E-state index contributed by atoms with van der Waals surface area (Å²) in [6.07, 6.45) is 2.82. The van der Waals surface area contributed by atoms with E-state index in [4.69, 9.17) is 0 Å². The number of carboxylic acids is 2. The Hall–Kier alpha value is -3.61. The van der Waals surface area contributed by atoms with Gasteiger partial charge in [-0.15, -0.1) is 0 Å². The first-order valence-electron chi connectivity index (χ1n) is 11.7. The van der Waals surface area contributed by atoms with Gasteiger partial charge in [-0.1, -0.05) is 69.7 Å². The van der Waals surface area contributed by atoms with E-state index in [2.05, 4.69) is 0 Å². The average Bonchev–Trinajstić information content (AvgIpc) is 3.06. The summed E-state index contributed by atoms with van der Waals surface area (Å²) >= 11 is 0. The average molecular weight is 465 g/mol. The quantitative estimate of drug-likeness (QED) is 0.418. The van der Waals surface area contributed by atoms with Crippen molar-refractivity contribution in [2.45, 2.75) is 59.5 Å². The molecule has 0 fully saturated rings. The number of carboxylic acid groups (broad SMARTS) is 2. The van der Waals surface area contributed by atoms with E-state index in [9.17, 15) is 24.6 Å². The number of aryl methyl sites for hydroxylation is 1. The van der Waals surface area contributed by atoms with Crippen LogP contribution in [0.25, 0.3) is 11.1 Å². The van der Waals surface area contributed by atoms with E-state index in [0.717, 1.165) is 24.0 Å². The van der Waals surface area contributed by atoms with Gasteiger partial charge in [0.15, 0.2) is 5.69 Å². The van der Waals surface area contributed by atoms with E-state index in [-0.39, 0.29) is 22.9 Å². The molecule has 0 aliphatic heterocycles. The van der Waals surface area contributed by atoms with Gasteiger partial charge in [-0.2, -0.15) is 0 Å². The summed E-state index contributed by atoms with van der Waals surface area (Å²) in [4.78, 5) is 36.8. The highest BCUT2D eigenvalue weighted by atomic mass is 16.4. The van der Waals surface area contributed by atoms with Crippen molar-refractivity contribution in [3.63, 3.8) is 0 Å². The van der Waals surface area contributed by atoms with Gasteiger partial charge in [-0.05, 0) is 47.9 Å². The first-order chi connectivity index (χ1) is 16.2. The SMILES string of the molecule is CCCCc1c(C(=O)O)n(CC(C)C)c(=O)n1CCc1ccc(-c2ccccc2C(=O)O)cc1. The van der Waals surface area contributed by atoms with Crippen LogP contribution in [0.15, 0.2) is 53.3 Å². The minimum Gasteiger partial charge on any atom is -0.478 e. The second kappa shape index (κ2) is 11.0. The highest BCUT2D eigenvalue weighted by Gasteiger charge is 2.24. The van der Waals surface area contributed by atoms with E-state index in [1.165, 1.54) is 4.57 Å². The van der Waals surface area contributed by atoms with Crippen LogP contribution >= 0.6 is 0 Å². The molecule has 0 aliphatic rings. The molecule has 1 heterocycles. The number of hydrogen-bond acceptors (Lipinski definition) is 3. The molecule has 34 heavy (non-hydrogen) atoms. The van der Waals surface area contributed by atoms with Crippen LogP contribution in [0.1, 0.15) is 65.7 Å². The molecule has 3 aromatic rings. The highest BCUT2D eigenvalue weighted by Crippen LogP contribution is 2.24. The first-order valence-corrected chi connectivity index (χ1v) is 11.7. The van der Waals surface area contributed by atoms with Gasteiger partial charge in [-0.3, -0.25) is 9.13 Å². The fourth-order valence-electron chi connectivity index (χ4n) is 4.26. The molecule has 2 aromatic carbocycles. The second-order valence-corrected chi connectivity index (χ2v) is 8.94. The Morgan fingerprint density at radius 2 is 1.59 bits per heavy atom.